The number of alkyl halides is 1. The molecule has 0 radical (unpaired) electrons. The van der Waals surface area contributed by atoms with Crippen molar-refractivity contribution in [2.75, 3.05) is 23.9 Å². The lowest BCUT2D eigenvalue weighted by atomic mass is 10.2. The Morgan fingerprint density at radius 3 is 2.85 bits per heavy atom. The molecule has 1 saturated heterocycles. The van der Waals surface area contributed by atoms with Crippen LogP contribution in [0.5, 0.6) is 0 Å². The van der Waals surface area contributed by atoms with Gasteiger partial charge in [-0.15, -0.1) is 11.6 Å². The molecule has 0 bridgehead atoms. The lowest BCUT2D eigenvalue weighted by Gasteiger charge is -2.14. The zero-order chi connectivity index (χ0) is 9.10. The minimum Gasteiger partial charge on any atom is -0.340 e. The average Bonchev–Trinajstić information content (AvgIpc) is 2.67. The molecule has 2 heterocycles. The topological polar surface area (TPSA) is 29.0 Å². The highest BCUT2D eigenvalue weighted by Gasteiger charge is 2.22. The van der Waals surface area contributed by atoms with Crippen molar-refractivity contribution >= 4 is 17.5 Å². The second-order valence-electron chi connectivity index (χ2n) is 3.30. The van der Waals surface area contributed by atoms with Crippen LogP contribution in [-0.4, -0.2) is 28.9 Å². The normalized spacial score (nSPS) is 22.2. The second-order valence-corrected chi connectivity index (χ2v) is 3.61. The van der Waals surface area contributed by atoms with Gasteiger partial charge >= 0.3 is 0 Å². The molecule has 0 spiro atoms. The van der Waals surface area contributed by atoms with Crippen molar-refractivity contribution in [2.45, 2.75) is 6.42 Å². The largest absolute Gasteiger partial charge is 0.340 e. The Bertz CT molecular complexity index is 265. The van der Waals surface area contributed by atoms with Gasteiger partial charge in [-0.2, -0.15) is 0 Å². The summed E-state index contributed by atoms with van der Waals surface area (Å²) in [5, 5.41) is 0. The van der Waals surface area contributed by atoms with Gasteiger partial charge in [0.25, 0.3) is 0 Å². The molecule has 0 aromatic carbocycles. The lowest BCUT2D eigenvalue weighted by Crippen LogP contribution is -2.22. The summed E-state index contributed by atoms with van der Waals surface area (Å²) in [5.41, 5.74) is 0. The fourth-order valence-corrected chi connectivity index (χ4v) is 1.85. The molecule has 0 N–H and O–H groups in total. The lowest BCUT2D eigenvalue weighted by molar-refractivity contribution is 0.665. The highest BCUT2D eigenvalue weighted by Crippen LogP contribution is 2.20. The van der Waals surface area contributed by atoms with E-state index in [2.05, 4.69) is 14.9 Å². The Labute approximate surface area is 82.8 Å². The highest BCUT2D eigenvalue weighted by atomic mass is 35.5. The van der Waals surface area contributed by atoms with Crippen molar-refractivity contribution in [3.05, 3.63) is 18.5 Å². The van der Waals surface area contributed by atoms with Crippen LogP contribution in [0, 0.1) is 5.92 Å². The van der Waals surface area contributed by atoms with Gasteiger partial charge in [-0.05, 0) is 18.4 Å². The van der Waals surface area contributed by atoms with Crippen LogP contribution in [0.1, 0.15) is 6.42 Å². The van der Waals surface area contributed by atoms with Crippen LogP contribution in [0.15, 0.2) is 18.5 Å². The molecule has 1 fully saturated rings. The Morgan fingerprint density at radius 2 is 2.23 bits per heavy atom. The Morgan fingerprint density at radius 1 is 1.46 bits per heavy atom. The summed E-state index contributed by atoms with van der Waals surface area (Å²) < 4.78 is 0. The van der Waals surface area contributed by atoms with Gasteiger partial charge in [-0.25, -0.2) is 9.97 Å². The summed E-state index contributed by atoms with van der Waals surface area (Å²) in [6.07, 6.45) is 4.70. The van der Waals surface area contributed by atoms with E-state index in [1.807, 2.05) is 6.07 Å². The van der Waals surface area contributed by atoms with E-state index in [0.29, 0.717) is 5.92 Å². The molecule has 13 heavy (non-hydrogen) atoms. The summed E-state index contributed by atoms with van der Waals surface area (Å²) in [6.45, 7) is 2.02. The number of hydrogen-bond acceptors (Lipinski definition) is 3. The van der Waals surface area contributed by atoms with Crippen molar-refractivity contribution in [2.24, 2.45) is 5.92 Å². The molecule has 1 atom stereocenters. The minimum atomic E-state index is 0.602. The predicted molar refractivity (Wildman–Crippen MR) is 53.1 cm³/mol. The molecule has 70 valence electrons. The number of aromatic nitrogens is 2. The fraction of sp³-hybridized carbons (Fsp3) is 0.556. The van der Waals surface area contributed by atoms with Crippen molar-refractivity contribution in [1.29, 1.82) is 0 Å². The van der Waals surface area contributed by atoms with E-state index in [1.54, 1.807) is 12.4 Å². The van der Waals surface area contributed by atoms with Crippen molar-refractivity contribution < 1.29 is 0 Å². The molecule has 0 aliphatic carbocycles. The summed E-state index contributed by atoms with van der Waals surface area (Å²) in [4.78, 5) is 10.6. The van der Waals surface area contributed by atoms with Crippen molar-refractivity contribution in [3.8, 4) is 0 Å². The van der Waals surface area contributed by atoms with Gasteiger partial charge in [0.05, 0.1) is 0 Å². The van der Waals surface area contributed by atoms with E-state index in [0.717, 1.165) is 31.3 Å². The van der Waals surface area contributed by atoms with Crippen LogP contribution in [-0.2, 0) is 0 Å². The maximum atomic E-state index is 5.79. The predicted octanol–water partition coefficient (Wildman–Crippen LogP) is 1.54. The van der Waals surface area contributed by atoms with Crippen LogP contribution in [0.4, 0.5) is 5.95 Å². The Hall–Kier alpha value is -0.830. The molecule has 1 aromatic heterocycles. The summed E-state index contributed by atoms with van der Waals surface area (Å²) in [5.74, 6) is 2.17. The summed E-state index contributed by atoms with van der Waals surface area (Å²) in [6, 6.07) is 1.83. The maximum Gasteiger partial charge on any atom is 0.225 e. The van der Waals surface area contributed by atoms with Crippen LogP contribution >= 0.6 is 11.6 Å². The first-order valence-electron chi connectivity index (χ1n) is 4.48. The monoisotopic (exact) mass is 197 g/mol. The first-order chi connectivity index (χ1) is 6.40. The van der Waals surface area contributed by atoms with Gasteiger partial charge in [-0.1, -0.05) is 0 Å². The maximum absolute atomic E-state index is 5.79. The van der Waals surface area contributed by atoms with Crippen LogP contribution < -0.4 is 4.90 Å². The van der Waals surface area contributed by atoms with Gasteiger partial charge < -0.3 is 4.90 Å². The van der Waals surface area contributed by atoms with Crippen LogP contribution in [0.2, 0.25) is 0 Å². The molecule has 3 nitrogen and oxygen atoms in total. The number of nitrogens with zero attached hydrogens (tertiary/aromatic N) is 3. The third-order valence-electron chi connectivity index (χ3n) is 2.34. The van der Waals surface area contributed by atoms with Crippen molar-refractivity contribution in [3.63, 3.8) is 0 Å². The molecule has 1 unspecified atom stereocenters. The quantitative estimate of drug-likeness (QED) is 0.674. The fourth-order valence-electron chi connectivity index (χ4n) is 1.59. The van der Waals surface area contributed by atoms with Gasteiger partial charge in [-0.3, -0.25) is 0 Å². The zero-order valence-corrected chi connectivity index (χ0v) is 8.11. The van der Waals surface area contributed by atoms with E-state index in [9.17, 15) is 0 Å². The Kier molecular flexibility index (Phi) is 2.64. The highest BCUT2D eigenvalue weighted by molar-refractivity contribution is 6.18. The molecule has 0 amide bonds. The first kappa shape index (κ1) is 8.75. The van der Waals surface area contributed by atoms with Gasteiger partial charge in [0.2, 0.25) is 5.95 Å². The summed E-state index contributed by atoms with van der Waals surface area (Å²) in [7, 11) is 0. The number of anilines is 1. The second kappa shape index (κ2) is 3.92. The average molecular weight is 198 g/mol. The smallest absolute Gasteiger partial charge is 0.225 e. The Balaban J connectivity index is 2.04. The molecular weight excluding hydrogens is 186 g/mol. The van der Waals surface area contributed by atoms with E-state index in [4.69, 9.17) is 11.6 Å². The van der Waals surface area contributed by atoms with E-state index in [-0.39, 0.29) is 0 Å². The third kappa shape index (κ3) is 1.91. The van der Waals surface area contributed by atoms with E-state index >= 15 is 0 Å². The zero-order valence-electron chi connectivity index (χ0n) is 7.36. The molecular formula is C9H12ClN3. The molecule has 4 heteroatoms. The SMILES string of the molecule is ClCC1CCN(c2ncccn2)C1. The van der Waals surface area contributed by atoms with Gasteiger partial charge in [0.15, 0.2) is 0 Å². The van der Waals surface area contributed by atoms with Gasteiger partial charge in [0, 0.05) is 31.4 Å². The number of hydrogen-bond donors (Lipinski definition) is 0. The number of rotatable bonds is 2. The first-order valence-corrected chi connectivity index (χ1v) is 5.01. The van der Waals surface area contributed by atoms with E-state index in [1.165, 1.54) is 0 Å². The minimum absolute atomic E-state index is 0.602. The molecule has 0 saturated carbocycles. The molecule has 1 aliphatic rings. The summed E-state index contributed by atoms with van der Waals surface area (Å²) >= 11 is 5.79. The number of halogens is 1. The van der Waals surface area contributed by atoms with E-state index < -0.39 is 0 Å². The molecule has 1 aromatic rings. The van der Waals surface area contributed by atoms with Gasteiger partial charge in [0.1, 0.15) is 0 Å². The third-order valence-corrected chi connectivity index (χ3v) is 2.78. The molecule has 2 rings (SSSR count). The van der Waals surface area contributed by atoms with Crippen molar-refractivity contribution in [1.82, 2.24) is 9.97 Å². The molecule has 1 aliphatic heterocycles. The van der Waals surface area contributed by atoms with Crippen LogP contribution in [0.3, 0.4) is 0 Å². The van der Waals surface area contributed by atoms with Crippen LogP contribution in [0.25, 0.3) is 0 Å². The standard InChI is InChI=1S/C9H12ClN3/c10-6-8-2-5-13(7-8)9-11-3-1-4-12-9/h1,3-4,8H,2,5-7H2.